The van der Waals surface area contributed by atoms with Gasteiger partial charge < -0.3 is 0 Å². The van der Waals surface area contributed by atoms with E-state index in [9.17, 15) is 0 Å². The van der Waals surface area contributed by atoms with E-state index in [1.54, 1.807) is 0 Å². The van der Waals surface area contributed by atoms with Crippen LogP contribution < -0.4 is 0 Å². The molecule has 0 aromatic heterocycles. The van der Waals surface area contributed by atoms with E-state index in [0.29, 0.717) is 0 Å². The Kier molecular flexibility index (Phi) is 2.19. The Morgan fingerprint density at radius 1 is 1.25 bits per heavy atom. The van der Waals surface area contributed by atoms with Crippen LogP contribution in [0.5, 0.6) is 0 Å². The third-order valence-corrected chi connectivity index (χ3v) is 2.53. The van der Waals surface area contributed by atoms with Crippen LogP contribution in [0.4, 0.5) is 0 Å². The summed E-state index contributed by atoms with van der Waals surface area (Å²) < 4.78 is 0. The van der Waals surface area contributed by atoms with Gasteiger partial charge in [0.05, 0.1) is 0 Å². The smallest absolute Gasteiger partial charge is 0.00991 e. The topological polar surface area (TPSA) is 0 Å². The Hall–Kier alpha value is -1.14. The summed E-state index contributed by atoms with van der Waals surface area (Å²) in [6.45, 7) is 0. The number of fused-ring (bicyclic) bond motifs is 1. The zero-order valence-corrected chi connectivity index (χ0v) is 7.19. The molecule has 60 valence electrons. The maximum Gasteiger partial charge on any atom is 0.00991 e. The summed E-state index contributed by atoms with van der Waals surface area (Å²) >= 11 is 0. The van der Waals surface area contributed by atoms with Gasteiger partial charge in [0, 0.05) is 12.0 Å². The maximum absolute atomic E-state index is 3.16. The average molecular weight is 156 g/mol. The van der Waals surface area contributed by atoms with Gasteiger partial charge in [-0.25, -0.2) is 0 Å². The van der Waals surface area contributed by atoms with Crippen LogP contribution in [0.3, 0.4) is 0 Å². The summed E-state index contributed by atoms with van der Waals surface area (Å²) in [7, 11) is 0. The zero-order valence-electron chi connectivity index (χ0n) is 7.19. The molecule has 0 heterocycles. The van der Waals surface area contributed by atoms with Crippen molar-refractivity contribution in [1.29, 1.82) is 0 Å². The lowest BCUT2D eigenvalue weighted by molar-refractivity contribution is 0.545. The first-order chi connectivity index (χ1) is 5.97. The summed E-state index contributed by atoms with van der Waals surface area (Å²) in [6, 6.07) is 0. The predicted octanol–water partition coefficient (Wildman–Crippen LogP) is 2.51. The summed E-state index contributed by atoms with van der Waals surface area (Å²) in [5, 5.41) is 0. The molecule has 0 amide bonds. The lowest BCUT2D eigenvalue weighted by Crippen LogP contribution is -1.97. The molecule has 0 saturated carbocycles. The van der Waals surface area contributed by atoms with Crippen molar-refractivity contribution in [2.75, 3.05) is 0 Å². The fraction of sp³-hybridized carbons (Fsp3) is 0.500. The van der Waals surface area contributed by atoms with Gasteiger partial charge in [-0.15, -0.1) is 0 Å². The van der Waals surface area contributed by atoms with Gasteiger partial charge in [-0.3, -0.25) is 0 Å². The van der Waals surface area contributed by atoms with Crippen molar-refractivity contribution in [3.8, 4) is 23.7 Å². The molecular formula is C12H12. The molecule has 0 nitrogen and oxygen atoms in total. The first-order valence-corrected chi connectivity index (χ1v) is 4.66. The lowest BCUT2D eigenvalue weighted by atomic mass is 9.96. The van der Waals surface area contributed by atoms with Crippen molar-refractivity contribution in [1.82, 2.24) is 0 Å². The quantitative estimate of drug-likeness (QED) is 0.473. The highest BCUT2D eigenvalue weighted by atomic mass is 14.2. The van der Waals surface area contributed by atoms with Crippen molar-refractivity contribution >= 4 is 0 Å². The molecule has 0 radical (unpaired) electrons. The summed E-state index contributed by atoms with van der Waals surface area (Å²) in [5.41, 5.74) is 1.35. The highest BCUT2D eigenvalue weighted by Gasteiger charge is 2.16. The number of rotatable bonds is 0. The average Bonchev–Trinajstić information content (AvgIpc) is 2.50. The zero-order chi connectivity index (χ0) is 8.23. The molecule has 0 fully saturated rings. The third kappa shape index (κ3) is 1.54. The van der Waals surface area contributed by atoms with Crippen LogP contribution in [-0.2, 0) is 0 Å². The predicted molar refractivity (Wildman–Crippen MR) is 50.2 cm³/mol. The molecular weight excluding hydrogens is 144 g/mol. The fourth-order valence-electron chi connectivity index (χ4n) is 1.86. The first kappa shape index (κ1) is 7.51. The normalized spacial score (nSPS) is 26.0. The molecule has 2 aliphatic rings. The minimum Gasteiger partial charge on any atom is -0.0891 e. The van der Waals surface area contributed by atoms with E-state index >= 15 is 0 Å². The van der Waals surface area contributed by atoms with E-state index in [0.717, 1.165) is 12.3 Å². The lowest BCUT2D eigenvalue weighted by Gasteiger charge is -2.08. The Bertz CT molecular complexity index is 311. The summed E-state index contributed by atoms with van der Waals surface area (Å²) in [4.78, 5) is 0. The minimum absolute atomic E-state index is 0.749. The second-order valence-corrected chi connectivity index (χ2v) is 3.38. The summed E-state index contributed by atoms with van der Waals surface area (Å²) in [5.74, 6) is 12.8. The molecule has 2 aliphatic carbocycles. The van der Waals surface area contributed by atoms with E-state index in [1.807, 2.05) is 0 Å². The highest BCUT2D eigenvalue weighted by Crippen LogP contribution is 2.29. The number of hydrogen-bond donors (Lipinski definition) is 0. The maximum atomic E-state index is 3.16. The Balaban J connectivity index is 2.21. The Labute approximate surface area is 74.1 Å². The van der Waals surface area contributed by atoms with E-state index in [-0.39, 0.29) is 0 Å². The van der Waals surface area contributed by atoms with Crippen LogP contribution in [0.1, 0.15) is 32.1 Å². The van der Waals surface area contributed by atoms with Crippen molar-refractivity contribution < 1.29 is 0 Å². The van der Waals surface area contributed by atoms with Crippen molar-refractivity contribution in [2.45, 2.75) is 32.1 Å². The molecule has 0 saturated heterocycles. The van der Waals surface area contributed by atoms with Gasteiger partial charge >= 0.3 is 0 Å². The molecule has 0 aromatic rings. The number of hydrogen-bond acceptors (Lipinski definition) is 0. The monoisotopic (exact) mass is 156 g/mol. The van der Waals surface area contributed by atoms with Crippen LogP contribution in [0.25, 0.3) is 0 Å². The van der Waals surface area contributed by atoms with Gasteiger partial charge in [0.1, 0.15) is 0 Å². The van der Waals surface area contributed by atoms with Crippen LogP contribution in [0, 0.1) is 29.6 Å². The Morgan fingerprint density at radius 2 is 2.25 bits per heavy atom. The Morgan fingerprint density at radius 3 is 3.25 bits per heavy atom. The van der Waals surface area contributed by atoms with E-state index in [2.05, 4.69) is 29.8 Å². The molecule has 0 heteroatoms. The molecule has 2 rings (SSSR count). The number of allylic oxidation sites excluding steroid dienone is 2. The largest absolute Gasteiger partial charge is 0.0891 e. The molecule has 12 heavy (non-hydrogen) atoms. The van der Waals surface area contributed by atoms with Crippen LogP contribution in [0.2, 0.25) is 0 Å². The highest BCUT2D eigenvalue weighted by molar-refractivity contribution is 5.40. The second-order valence-electron chi connectivity index (χ2n) is 3.38. The molecule has 0 N–H and O–H groups in total. The third-order valence-electron chi connectivity index (χ3n) is 2.53. The van der Waals surface area contributed by atoms with Gasteiger partial charge in [0.2, 0.25) is 0 Å². The summed E-state index contributed by atoms with van der Waals surface area (Å²) in [6.07, 6.45) is 8.36. The fourth-order valence-corrected chi connectivity index (χ4v) is 1.86. The minimum atomic E-state index is 0.749. The molecule has 0 spiro atoms. The van der Waals surface area contributed by atoms with Crippen LogP contribution >= 0.6 is 0 Å². The second kappa shape index (κ2) is 3.51. The van der Waals surface area contributed by atoms with E-state index in [1.165, 1.54) is 31.3 Å². The molecule has 0 aromatic carbocycles. The molecule has 1 unspecified atom stereocenters. The van der Waals surface area contributed by atoms with E-state index < -0.39 is 0 Å². The van der Waals surface area contributed by atoms with Gasteiger partial charge in [-0.05, 0) is 43.4 Å². The SMILES string of the molecule is C1#CCCCC2CCC=C2C#C1. The van der Waals surface area contributed by atoms with Crippen molar-refractivity contribution in [2.24, 2.45) is 5.92 Å². The molecule has 1 atom stereocenters. The van der Waals surface area contributed by atoms with E-state index in [4.69, 9.17) is 0 Å². The van der Waals surface area contributed by atoms with Gasteiger partial charge in [-0.2, -0.15) is 0 Å². The van der Waals surface area contributed by atoms with Gasteiger partial charge in [0.25, 0.3) is 0 Å². The van der Waals surface area contributed by atoms with Gasteiger partial charge in [0.15, 0.2) is 0 Å². The van der Waals surface area contributed by atoms with Crippen molar-refractivity contribution in [3.63, 3.8) is 0 Å². The van der Waals surface area contributed by atoms with Gasteiger partial charge in [-0.1, -0.05) is 17.9 Å². The van der Waals surface area contributed by atoms with Crippen LogP contribution in [-0.4, -0.2) is 0 Å². The van der Waals surface area contributed by atoms with Crippen molar-refractivity contribution in [3.05, 3.63) is 11.6 Å². The first-order valence-electron chi connectivity index (χ1n) is 4.66. The molecule has 0 aliphatic heterocycles. The molecule has 0 bridgehead atoms. The standard InChI is InChI=1S/C12H12/c1-2-4-7-11-9-6-10-12(11)8-5-3-1/h10-11H,2,4,6-7,9H2. The van der Waals surface area contributed by atoms with Crippen LogP contribution in [0.15, 0.2) is 11.6 Å².